The molecular weight excluding hydrogens is 384 g/mol. The molecule has 0 saturated carbocycles. The highest BCUT2D eigenvalue weighted by Gasteiger charge is 2.11. The van der Waals surface area contributed by atoms with E-state index in [0.29, 0.717) is 22.5 Å². The van der Waals surface area contributed by atoms with Crippen LogP contribution in [0.25, 0.3) is 22.1 Å². The summed E-state index contributed by atoms with van der Waals surface area (Å²) < 4.78 is 21.1. The smallest absolute Gasteiger partial charge is 0.343 e. The first kappa shape index (κ1) is 19.3. The Hall–Kier alpha value is -4.06. The summed E-state index contributed by atoms with van der Waals surface area (Å²) in [7, 11) is 1.28. The summed E-state index contributed by atoms with van der Waals surface area (Å²) in [5.74, 6) is 0.498. The lowest BCUT2D eigenvalue weighted by Gasteiger charge is -2.08. The number of esters is 1. The van der Waals surface area contributed by atoms with E-state index in [1.807, 2.05) is 42.5 Å². The lowest BCUT2D eigenvalue weighted by atomic mass is 10.1. The van der Waals surface area contributed by atoms with Crippen LogP contribution in [-0.4, -0.2) is 19.7 Å². The number of hydrogen-bond donors (Lipinski definition) is 0. The predicted octanol–water partition coefficient (Wildman–Crippen LogP) is 4.80. The van der Waals surface area contributed by atoms with Crippen molar-refractivity contribution in [3.8, 4) is 28.4 Å². The van der Waals surface area contributed by atoms with Crippen molar-refractivity contribution < 1.29 is 23.4 Å². The van der Waals surface area contributed by atoms with Crippen molar-refractivity contribution in [3.63, 3.8) is 0 Å². The maximum atomic E-state index is 12.7. The van der Waals surface area contributed by atoms with Crippen LogP contribution >= 0.6 is 0 Å². The third-order valence-electron chi connectivity index (χ3n) is 4.49. The molecule has 0 bridgehead atoms. The molecule has 6 heteroatoms. The summed E-state index contributed by atoms with van der Waals surface area (Å²) in [6.07, 6.45) is 1.26. The van der Waals surface area contributed by atoms with E-state index in [4.69, 9.17) is 13.9 Å². The summed E-state index contributed by atoms with van der Waals surface area (Å²) in [4.78, 5) is 23.9. The van der Waals surface area contributed by atoms with Gasteiger partial charge in [0, 0.05) is 6.07 Å². The van der Waals surface area contributed by atoms with Crippen molar-refractivity contribution >= 4 is 16.9 Å². The van der Waals surface area contributed by atoms with Gasteiger partial charge in [-0.2, -0.15) is 0 Å². The normalized spacial score (nSPS) is 10.6. The minimum atomic E-state index is -0.501. The molecule has 0 fully saturated rings. The quantitative estimate of drug-likeness (QED) is 0.431. The van der Waals surface area contributed by atoms with E-state index in [1.54, 1.807) is 24.3 Å². The highest BCUT2D eigenvalue weighted by Crippen LogP contribution is 2.26. The molecule has 1 heterocycles. The van der Waals surface area contributed by atoms with Crippen LogP contribution in [0.4, 0.5) is 0 Å². The second-order valence-corrected chi connectivity index (χ2v) is 6.44. The molecule has 30 heavy (non-hydrogen) atoms. The van der Waals surface area contributed by atoms with Crippen LogP contribution in [-0.2, 0) is 9.53 Å². The first-order chi connectivity index (χ1) is 14.6. The van der Waals surface area contributed by atoms with Gasteiger partial charge in [-0.1, -0.05) is 42.5 Å². The Balaban J connectivity index is 1.54. The van der Waals surface area contributed by atoms with Crippen LogP contribution in [0.5, 0.6) is 17.2 Å². The largest absolute Gasteiger partial charge is 0.482 e. The fraction of sp³-hybridized carbons (Fsp3) is 0.0833. The molecule has 0 aliphatic heterocycles. The molecule has 0 aliphatic rings. The molecule has 0 saturated heterocycles. The Bertz CT molecular complexity index is 1230. The second-order valence-electron chi connectivity index (χ2n) is 6.44. The second kappa shape index (κ2) is 8.53. The van der Waals surface area contributed by atoms with E-state index in [9.17, 15) is 9.59 Å². The number of carbonyl (C=O) groups excluding carboxylic acids is 1. The minimum absolute atomic E-state index is 0.0817. The van der Waals surface area contributed by atoms with Gasteiger partial charge in [-0.05, 0) is 35.4 Å². The van der Waals surface area contributed by atoms with Gasteiger partial charge in [0.25, 0.3) is 0 Å². The van der Waals surface area contributed by atoms with Crippen LogP contribution in [0.2, 0.25) is 0 Å². The van der Waals surface area contributed by atoms with E-state index < -0.39 is 5.97 Å². The summed E-state index contributed by atoms with van der Waals surface area (Å²) in [5, 5.41) is 0.346. The van der Waals surface area contributed by atoms with Crippen LogP contribution in [0.3, 0.4) is 0 Å². The highest BCUT2D eigenvalue weighted by molar-refractivity contribution is 5.79. The summed E-state index contributed by atoms with van der Waals surface area (Å²) in [5.41, 5.74) is 2.17. The van der Waals surface area contributed by atoms with Crippen LogP contribution in [0.1, 0.15) is 0 Å². The van der Waals surface area contributed by atoms with Crippen molar-refractivity contribution in [2.24, 2.45) is 0 Å². The van der Waals surface area contributed by atoms with Gasteiger partial charge >= 0.3 is 5.97 Å². The average Bonchev–Trinajstić information content (AvgIpc) is 2.80. The molecule has 0 unspecified atom stereocenters. The van der Waals surface area contributed by atoms with E-state index in [-0.39, 0.29) is 17.8 Å². The molecule has 0 amide bonds. The van der Waals surface area contributed by atoms with Gasteiger partial charge in [0.15, 0.2) is 6.61 Å². The maximum Gasteiger partial charge on any atom is 0.343 e. The lowest BCUT2D eigenvalue weighted by Crippen LogP contribution is -2.12. The zero-order chi connectivity index (χ0) is 20.9. The topological polar surface area (TPSA) is 75.0 Å². The number of ether oxygens (including phenoxy) is 3. The number of methoxy groups -OCH3 is 1. The molecule has 4 rings (SSSR count). The van der Waals surface area contributed by atoms with Crippen molar-refractivity contribution in [3.05, 3.63) is 89.3 Å². The number of fused-ring (bicyclic) bond motifs is 1. The fourth-order valence-corrected chi connectivity index (χ4v) is 2.93. The van der Waals surface area contributed by atoms with Crippen molar-refractivity contribution in [1.29, 1.82) is 0 Å². The summed E-state index contributed by atoms with van der Waals surface area (Å²) >= 11 is 0. The number of benzene rings is 3. The molecule has 0 radical (unpaired) electrons. The number of carbonyl (C=O) groups is 1. The van der Waals surface area contributed by atoms with Crippen LogP contribution in [0.15, 0.2) is 88.3 Å². The Morgan fingerprint density at radius 2 is 1.60 bits per heavy atom. The standard InChI is InChI=1S/C24H18O6/c1-27-23(25)15-28-19-11-12-20-21(13-19)29-14-22(24(20)26)30-18-9-7-17(8-10-18)16-5-3-2-4-6-16/h2-14H,15H2,1H3. The third kappa shape index (κ3) is 4.17. The van der Waals surface area contributed by atoms with Gasteiger partial charge in [0.1, 0.15) is 23.3 Å². The highest BCUT2D eigenvalue weighted by atomic mass is 16.6. The predicted molar refractivity (Wildman–Crippen MR) is 112 cm³/mol. The molecule has 0 spiro atoms. The molecule has 150 valence electrons. The monoisotopic (exact) mass is 402 g/mol. The van der Waals surface area contributed by atoms with Gasteiger partial charge in [0.2, 0.25) is 11.2 Å². The zero-order valence-electron chi connectivity index (χ0n) is 16.2. The molecule has 4 aromatic rings. The molecule has 0 aliphatic carbocycles. The Labute approximate surface area is 172 Å². The maximum absolute atomic E-state index is 12.7. The van der Waals surface area contributed by atoms with Gasteiger partial charge < -0.3 is 18.6 Å². The molecular formula is C24H18O6. The number of hydrogen-bond acceptors (Lipinski definition) is 6. The first-order valence-corrected chi connectivity index (χ1v) is 9.22. The van der Waals surface area contributed by atoms with Gasteiger partial charge in [-0.3, -0.25) is 4.79 Å². The SMILES string of the molecule is COC(=O)COc1ccc2c(=O)c(Oc3ccc(-c4ccccc4)cc3)coc2c1. The van der Waals surface area contributed by atoms with Crippen LogP contribution in [0, 0.1) is 0 Å². The van der Waals surface area contributed by atoms with Crippen molar-refractivity contribution in [2.75, 3.05) is 13.7 Å². The van der Waals surface area contributed by atoms with E-state index >= 15 is 0 Å². The Morgan fingerprint density at radius 1 is 0.900 bits per heavy atom. The van der Waals surface area contributed by atoms with Crippen LogP contribution < -0.4 is 14.9 Å². The first-order valence-electron chi connectivity index (χ1n) is 9.22. The van der Waals surface area contributed by atoms with Crippen molar-refractivity contribution in [2.45, 2.75) is 0 Å². The Morgan fingerprint density at radius 3 is 2.33 bits per heavy atom. The molecule has 0 N–H and O–H groups in total. The van der Waals surface area contributed by atoms with E-state index in [0.717, 1.165) is 11.1 Å². The van der Waals surface area contributed by atoms with Gasteiger partial charge in [-0.15, -0.1) is 0 Å². The average molecular weight is 402 g/mol. The summed E-state index contributed by atoms with van der Waals surface area (Å²) in [6, 6.07) is 22.1. The van der Waals surface area contributed by atoms with E-state index in [2.05, 4.69) is 4.74 Å². The molecule has 3 aromatic carbocycles. The van der Waals surface area contributed by atoms with Gasteiger partial charge in [0.05, 0.1) is 12.5 Å². The zero-order valence-corrected chi connectivity index (χ0v) is 16.2. The Kier molecular flexibility index (Phi) is 5.48. The molecule has 6 nitrogen and oxygen atoms in total. The van der Waals surface area contributed by atoms with Gasteiger partial charge in [-0.25, -0.2) is 4.79 Å². The number of rotatable bonds is 6. The molecule has 0 atom stereocenters. The van der Waals surface area contributed by atoms with E-state index in [1.165, 1.54) is 19.4 Å². The fourth-order valence-electron chi connectivity index (χ4n) is 2.93. The van der Waals surface area contributed by atoms with Crippen molar-refractivity contribution in [1.82, 2.24) is 0 Å². The lowest BCUT2D eigenvalue weighted by molar-refractivity contribution is -0.142. The third-order valence-corrected chi connectivity index (χ3v) is 4.49. The minimum Gasteiger partial charge on any atom is -0.482 e. The summed E-state index contributed by atoms with van der Waals surface area (Å²) in [6.45, 7) is -0.230. The molecule has 1 aromatic heterocycles.